The number of amides is 1. The van der Waals surface area contributed by atoms with Crippen LogP contribution in [0, 0.1) is 11.8 Å². The van der Waals surface area contributed by atoms with E-state index in [1.54, 1.807) is 32.2 Å². The number of nitrogens with zero attached hydrogens (tertiary/aromatic N) is 2. The zero-order valence-corrected chi connectivity index (χ0v) is 19.6. The van der Waals surface area contributed by atoms with Crippen LogP contribution >= 0.6 is 0 Å². The average Bonchev–Trinajstić information content (AvgIpc) is 3.56. The number of carbonyl (C=O) groups is 1. The maximum Gasteiger partial charge on any atom is 0.433 e. The normalized spacial score (nSPS) is 20.5. The quantitative estimate of drug-likeness (QED) is 0.367. The zero-order valence-electron chi connectivity index (χ0n) is 19.6. The molecule has 10 heteroatoms. The van der Waals surface area contributed by atoms with E-state index in [0.29, 0.717) is 29.5 Å². The standard InChI is InChI=1S/C25H29F3N4O3/c1-24(2,34)16-9-17(10-16)30-12-15-8-20(21(11-18(15)29)35-13-14-6-7-14)32-23(33)19-4-3-5-22(31-19)25(26,27)28/h3-5,8,11-12,14,16-17,34H,6-7,9-10,13,29H2,1-2H3,(H,32,33). The molecule has 1 heterocycles. The molecule has 1 amide bonds. The van der Waals surface area contributed by atoms with Crippen LogP contribution in [0.5, 0.6) is 5.75 Å². The Morgan fingerprint density at radius 2 is 2.00 bits per heavy atom. The molecule has 4 rings (SSSR count). The smallest absolute Gasteiger partial charge is 0.433 e. The van der Waals surface area contributed by atoms with E-state index in [0.717, 1.165) is 37.8 Å². The van der Waals surface area contributed by atoms with E-state index in [-0.39, 0.29) is 23.3 Å². The third-order valence-electron chi connectivity index (χ3n) is 6.41. The molecule has 0 saturated heterocycles. The second-order valence-electron chi connectivity index (χ2n) is 9.85. The molecular formula is C25H29F3N4O3. The molecule has 7 nitrogen and oxygen atoms in total. The number of ether oxygens (including phenoxy) is 1. The van der Waals surface area contributed by atoms with Gasteiger partial charge in [-0.25, -0.2) is 4.98 Å². The summed E-state index contributed by atoms with van der Waals surface area (Å²) < 4.78 is 44.9. The molecule has 35 heavy (non-hydrogen) atoms. The van der Waals surface area contributed by atoms with E-state index >= 15 is 0 Å². The van der Waals surface area contributed by atoms with Crippen molar-refractivity contribution in [2.75, 3.05) is 17.7 Å². The molecule has 0 spiro atoms. The number of nitrogen functional groups attached to an aromatic ring is 1. The van der Waals surface area contributed by atoms with Crippen LogP contribution in [-0.4, -0.2) is 40.5 Å². The second kappa shape index (κ2) is 9.49. The van der Waals surface area contributed by atoms with E-state index in [1.165, 1.54) is 6.07 Å². The van der Waals surface area contributed by atoms with Gasteiger partial charge in [0.05, 0.1) is 23.9 Å². The van der Waals surface area contributed by atoms with Crippen molar-refractivity contribution in [1.82, 2.24) is 4.98 Å². The molecule has 0 aliphatic heterocycles. The van der Waals surface area contributed by atoms with Crippen LogP contribution in [0.3, 0.4) is 0 Å². The molecule has 4 N–H and O–H groups in total. The predicted molar refractivity (Wildman–Crippen MR) is 127 cm³/mol. The summed E-state index contributed by atoms with van der Waals surface area (Å²) in [7, 11) is 0. The minimum Gasteiger partial charge on any atom is -0.491 e. The van der Waals surface area contributed by atoms with Crippen molar-refractivity contribution in [3.63, 3.8) is 0 Å². The topological polar surface area (TPSA) is 110 Å². The number of benzene rings is 1. The highest BCUT2D eigenvalue weighted by Gasteiger charge is 2.38. The molecule has 2 aliphatic rings. The molecule has 0 bridgehead atoms. The molecular weight excluding hydrogens is 461 g/mol. The number of nitrogens with two attached hydrogens (primary N) is 1. The van der Waals surface area contributed by atoms with Crippen LogP contribution in [0.15, 0.2) is 35.3 Å². The van der Waals surface area contributed by atoms with Crippen molar-refractivity contribution < 1.29 is 27.8 Å². The summed E-state index contributed by atoms with van der Waals surface area (Å²) in [5.41, 5.74) is 5.15. The summed E-state index contributed by atoms with van der Waals surface area (Å²) in [6.45, 7) is 4.02. The molecule has 0 atom stereocenters. The second-order valence-corrected chi connectivity index (χ2v) is 9.85. The molecule has 188 valence electrons. The first-order valence-corrected chi connectivity index (χ1v) is 11.6. The van der Waals surface area contributed by atoms with Gasteiger partial charge in [0.25, 0.3) is 5.91 Å². The third-order valence-corrected chi connectivity index (χ3v) is 6.41. The summed E-state index contributed by atoms with van der Waals surface area (Å²) in [5, 5.41) is 12.7. The Balaban J connectivity index is 1.54. The van der Waals surface area contributed by atoms with Gasteiger partial charge in [0.15, 0.2) is 0 Å². The number of anilines is 2. The highest BCUT2D eigenvalue weighted by atomic mass is 19.4. The molecule has 2 fully saturated rings. The van der Waals surface area contributed by atoms with Crippen LogP contribution in [0.2, 0.25) is 0 Å². The first kappa shape index (κ1) is 25.0. The number of aliphatic imine (C=N–C) groups is 1. The van der Waals surface area contributed by atoms with Crippen molar-refractivity contribution >= 4 is 23.5 Å². The van der Waals surface area contributed by atoms with Crippen LogP contribution < -0.4 is 15.8 Å². The largest absolute Gasteiger partial charge is 0.491 e. The zero-order chi connectivity index (χ0) is 25.4. The molecule has 2 saturated carbocycles. The molecule has 0 unspecified atom stereocenters. The number of aromatic nitrogens is 1. The van der Waals surface area contributed by atoms with E-state index < -0.39 is 23.4 Å². The SMILES string of the molecule is CC(C)(O)C1CC(N=Cc2cc(NC(=O)c3cccc(C(F)(F)F)n3)c(OCC3CC3)cc2N)C1. The number of rotatable bonds is 8. The third kappa shape index (κ3) is 6.30. The average molecular weight is 491 g/mol. The fourth-order valence-corrected chi connectivity index (χ4v) is 3.81. The Bertz CT molecular complexity index is 1120. The van der Waals surface area contributed by atoms with E-state index in [2.05, 4.69) is 15.3 Å². The van der Waals surface area contributed by atoms with Gasteiger partial charge in [-0.2, -0.15) is 13.2 Å². The van der Waals surface area contributed by atoms with Gasteiger partial charge in [-0.15, -0.1) is 0 Å². The number of carbonyl (C=O) groups excluding carboxylic acids is 1. The highest BCUT2D eigenvalue weighted by molar-refractivity contribution is 6.04. The van der Waals surface area contributed by atoms with Gasteiger partial charge in [-0.1, -0.05) is 6.07 Å². The lowest BCUT2D eigenvalue weighted by Crippen LogP contribution is -2.42. The summed E-state index contributed by atoms with van der Waals surface area (Å²) in [6.07, 6.45) is 0.585. The highest BCUT2D eigenvalue weighted by Crippen LogP contribution is 2.38. The minimum atomic E-state index is -4.66. The van der Waals surface area contributed by atoms with Crippen molar-refractivity contribution in [2.24, 2.45) is 16.8 Å². The predicted octanol–water partition coefficient (Wildman–Crippen LogP) is 4.69. The number of nitrogens with one attached hydrogen (secondary N) is 1. The van der Waals surface area contributed by atoms with Crippen LogP contribution in [0.1, 0.15) is 61.3 Å². The van der Waals surface area contributed by atoms with E-state index in [9.17, 15) is 23.1 Å². The van der Waals surface area contributed by atoms with Crippen LogP contribution in [-0.2, 0) is 6.18 Å². The van der Waals surface area contributed by atoms with Gasteiger partial charge in [0.1, 0.15) is 17.1 Å². The molecule has 2 aliphatic carbocycles. The number of halogens is 3. The van der Waals surface area contributed by atoms with Gasteiger partial charge in [0.2, 0.25) is 0 Å². The lowest BCUT2D eigenvalue weighted by atomic mass is 9.71. The number of aliphatic hydroxyl groups is 1. The Morgan fingerprint density at radius 1 is 1.29 bits per heavy atom. The Labute approximate surface area is 201 Å². The number of pyridine rings is 1. The first-order valence-electron chi connectivity index (χ1n) is 11.6. The minimum absolute atomic E-state index is 0.0592. The Kier molecular flexibility index (Phi) is 6.77. The van der Waals surface area contributed by atoms with Gasteiger partial charge < -0.3 is 20.9 Å². The summed E-state index contributed by atoms with van der Waals surface area (Å²) in [6, 6.07) is 6.39. The monoisotopic (exact) mass is 490 g/mol. The van der Waals surface area contributed by atoms with Crippen LogP contribution in [0.25, 0.3) is 0 Å². The van der Waals surface area contributed by atoms with Gasteiger partial charge in [-0.05, 0) is 69.6 Å². The Hall–Kier alpha value is -3.14. The molecule has 1 aromatic carbocycles. The van der Waals surface area contributed by atoms with Gasteiger partial charge in [0, 0.05) is 23.5 Å². The van der Waals surface area contributed by atoms with Gasteiger partial charge in [-0.3, -0.25) is 9.79 Å². The fraction of sp³-hybridized carbons (Fsp3) is 0.480. The lowest BCUT2D eigenvalue weighted by Gasteiger charge is -2.40. The van der Waals surface area contributed by atoms with Crippen molar-refractivity contribution in [3.8, 4) is 5.75 Å². The Morgan fingerprint density at radius 3 is 2.63 bits per heavy atom. The van der Waals surface area contributed by atoms with E-state index in [4.69, 9.17) is 10.5 Å². The van der Waals surface area contributed by atoms with Crippen molar-refractivity contribution in [2.45, 2.75) is 57.3 Å². The van der Waals surface area contributed by atoms with Crippen LogP contribution in [0.4, 0.5) is 24.5 Å². The van der Waals surface area contributed by atoms with E-state index in [1.807, 2.05) is 0 Å². The number of alkyl halides is 3. The van der Waals surface area contributed by atoms with Crippen molar-refractivity contribution in [3.05, 3.63) is 47.3 Å². The summed E-state index contributed by atoms with van der Waals surface area (Å²) in [4.78, 5) is 20.8. The lowest BCUT2D eigenvalue weighted by molar-refractivity contribution is -0.141. The molecule has 0 radical (unpaired) electrons. The maximum absolute atomic E-state index is 13.0. The maximum atomic E-state index is 13.0. The van der Waals surface area contributed by atoms with Crippen molar-refractivity contribution in [1.29, 1.82) is 0 Å². The number of hydrogen-bond donors (Lipinski definition) is 3. The number of hydrogen-bond acceptors (Lipinski definition) is 6. The fourth-order valence-electron chi connectivity index (χ4n) is 3.81. The molecule has 1 aromatic heterocycles. The first-order chi connectivity index (χ1) is 16.4. The summed E-state index contributed by atoms with van der Waals surface area (Å²) >= 11 is 0. The molecule has 2 aromatic rings. The summed E-state index contributed by atoms with van der Waals surface area (Å²) in [5.74, 6) is 0.146. The van der Waals surface area contributed by atoms with Gasteiger partial charge >= 0.3 is 6.18 Å².